The van der Waals surface area contributed by atoms with Gasteiger partial charge in [0.05, 0.1) is 19.8 Å². The number of unbranched alkanes of at least 4 members (excludes halogenated alkanes) is 5. The highest BCUT2D eigenvalue weighted by Gasteiger charge is 2.27. The fraction of sp³-hybridized carbons (Fsp3) is 0.565. The lowest BCUT2D eigenvalue weighted by molar-refractivity contribution is -0.161. The molecule has 0 bridgehead atoms. The van der Waals surface area contributed by atoms with Crippen molar-refractivity contribution < 1.29 is 47.8 Å². The van der Waals surface area contributed by atoms with E-state index < -0.39 is 51.8 Å². The molecule has 0 aromatic heterocycles. The summed E-state index contributed by atoms with van der Waals surface area (Å²) in [7, 11) is -4.64. The molecule has 0 radical (unpaired) electrons. The van der Waals surface area contributed by atoms with Gasteiger partial charge in [0.1, 0.15) is 12.7 Å². The van der Waals surface area contributed by atoms with Gasteiger partial charge in [0, 0.05) is 12.8 Å². The van der Waals surface area contributed by atoms with E-state index in [0.29, 0.717) is 12.8 Å². The van der Waals surface area contributed by atoms with Gasteiger partial charge < -0.3 is 24.6 Å². The van der Waals surface area contributed by atoms with E-state index in [1.807, 2.05) is 0 Å². The molecular formula is C46H73O10P. The maximum Gasteiger partial charge on any atom is 0.472 e. The van der Waals surface area contributed by atoms with Crippen LogP contribution in [0.15, 0.2) is 109 Å². The molecule has 11 heteroatoms. The summed E-state index contributed by atoms with van der Waals surface area (Å²) in [6, 6.07) is 0. The zero-order chi connectivity index (χ0) is 41.9. The van der Waals surface area contributed by atoms with E-state index in [2.05, 4.69) is 128 Å². The van der Waals surface area contributed by atoms with E-state index in [0.717, 1.165) is 89.9 Å². The maximum atomic E-state index is 12.6. The summed E-state index contributed by atoms with van der Waals surface area (Å²) >= 11 is 0. The summed E-state index contributed by atoms with van der Waals surface area (Å²) in [4.78, 5) is 34.9. The van der Waals surface area contributed by atoms with E-state index in [1.54, 1.807) is 0 Å². The molecule has 0 amide bonds. The van der Waals surface area contributed by atoms with Crippen molar-refractivity contribution in [2.24, 2.45) is 0 Å². The van der Waals surface area contributed by atoms with Crippen molar-refractivity contribution in [3.8, 4) is 0 Å². The van der Waals surface area contributed by atoms with Crippen LogP contribution in [0.25, 0.3) is 0 Å². The third-order valence-electron chi connectivity index (χ3n) is 7.92. The molecule has 0 rings (SSSR count). The predicted molar refractivity (Wildman–Crippen MR) is 232 cm³/mol. The summed E-state index contributed by atoms with van der Waals surface area (Å²) < 4.78 is 32.6. The van der Waals surface area contributed by atoms with Crippen LogP contribution in [0, 0.1) is 0 Å². The van der Waals surface area contributed by atoms with Gasteiger partial charge in [-0.3, -0.25) is 18.6 Å². The summed E-state index contributed by atoms with van der Waals surface area (Å²) in [5, 5.41) is 18.3. The number of aliphatic hydroxyl groups is 2. The minimum absolute atomic E-state index is 0.128. The monoisotopic (exact) mass is 816 g/mol. The van der Waals surface area contributed by atoms with Crippen LogP contribution in [0.4, 0.5) is 0 Å². The zero-order valence-corrected chi connectivity index (χ0v) is 35.6. The molecule has 0 saturated heterocycles. The summed E-state index contributed by atoms with van der Waals surface area (Å²) in [5.74, 6) is -1.03. The molecular weight excluding hydrogens is 743 g/mol. The number of allylic oxidation sites excluding steroid dienone is 18. The normalized spacial score (nSPS) is 15.0. The van der Waals surface area contributed by atoms with E-state index >= 15 is 0 Å². The second-order valence-corrected chi connectivity index (χ2v) is 14.7. The second-order valence-electron chi connectivity index (χ2n) is 13.2. The van der Waals surface area contributed by atoms with Crippen LogP contribution >= 0.6 is 7.82 Å². The summed E-state index contributed by atoms with van der Waals surface area (Å²) in [6.45, 7) is 2.03. The number of carbonyl (C=O) groups is 2. The second kappa shape index (κ2) is 40.8. The van der Waals surface area contributed by atoms with Crippen molar-refractivity contribution in [2.75, 3.05) is 26.4 Å². The van der Waals surface area contributed by atoms with Crippen LogP contribution in [0.1, 0.15) is 129 Å². The molecule has 10 nitrogen and oxygen atoms in total. The van der Waals surface area contributed by atoms with Gasteiger partial charge in [-0.05, 0) is 96.3 Å². The highest BCUT2D eigenvalue weighted by atomic mass is 31.2. The molecule has 0 aliphatic rings. The number of aliphatic hydroxyl groups excluding tert-OH is 2. The minimum atomic E-state index is -4.64. The largest absolute Gasteiger partial charge is 0.472 e. The van der Waals surface area contributed by atoms with E-state index in [4.69, 9.17) is 19.1 Å². The topological polar surface area (TPSA) is 149 Å². The first-order valence-corrected chi connectivity index (χ1v) is 22.3. The Labute approximate surface area is 344 Å². The number of hydrogen-bond acceptors (Lipinski definition) is 9. The molecule has 0 aromatic rings. The number of carbonyl (C=O) groups excluding carboxylic acids is 2. The molecule has 0 aliphatic carbocycles. The third kappa shape index (κ3) is 40.6. The third-order valence-corrected chi connectivity index (χ3v) is 8.87. The van der Waals surface area contributed by atoms with Gasteiger partial charge in [-0.1, -0.05) is 130 Å². The van der Waals surface area contributed by atoms with Crippen molar-refractivity contribution in [1.82, 2.24) is 0 Å². The van der Waals surface area contributed by atoms with Crippen LogP contribution in [-0.2, 0) is 32.7 Å². The first kappa shape index (κ1) is 53.6. The number of esters is 2. The molecule has 3 unspecified atom stereocenters. The molecule has 0 heterocycles. The van der Waals surface area contributed by atoms with Gasteiger partial charge in [0.2, 0.25) is 0 Å². The van der Waals surface area contributed by atoms with Crippen LogP contribution in [-0.4, -0.2) is 65.7 Å². The number of phosphoric acid groups is 1. The van der Waals surface area contributed by atoms with Crippen molar-refractivity contribution >= 4 is 19.8 Å². The standard InChI is InChI=1S/C46H73O10P/c1-3-5-7-9-11-13-15-17-19-20-21-22-24-26-28-30-32-34-36-38-46(50)56-44(42-55-57(51,52)54-40-43(48)39-47)41-53-45(49)37-35-33-31-29-27-25-23-18-16-14-12-10-8-6-4-2/h5-8,11-14,17-19,21-23,26-29,43-44,47-48H,3-4,9-10,15-16,20,24-25,30-42H2,1-2H3,(H,51,52)/b7-5-,8-6-,13-11-,14-12-,19-17-,22-21-,23-18-,28-26-,29-27-. The Kier molecular flexibility index (Phi) is 38.4. The molecule has 3 N–H and O–H groups in total. The smallest absolute Gasteiger partial charge is 0.462 e. The predicted octanol–water partition coefficient (Wildman–Crippen LogP) is 11.0. The number of phosphoric ester groups is 1. The number of hydrogen-bond donors (Lipinski definition) is 3. The Morgan fingerprint density at radius 1 is 0.526 bits per heavy atom. The lowest BCUT2D eigenvalue weighted by Crippen LogP contribution is -2.29. The maximum absolute atomic E-state index is 12.6. The van der Waals surface area contributed by atoms with E-state index in [9.17, 15) is 24.2 Å². The van der Waals surface area contributed by atoms with Crippen molar-refractivity contribution in [3.05, 3.63) is 109 Å². The molecule has 57 heavy (non-hydrogen) atoms. The van der Waals surface area contributed by atoms with Crippen molar-refractivity contribution in [1.29, 1.82) is 0 Å². The quantitative estimate of drug-likeness (QED) is 0.0239. The average Bonchev–Trinajstić information content (AvgIpc) is 3.20. The number of rotatable bonds is 37. The lowest BCUT2D eigenvalue weighted by Gasteiger charge is -2.20. The first-order chi connectivity index (χ1) is 27.7. The Hall–Kier alpha value is -3.37. The highest BCUT2D eigenvalue weighted by Crippen LogP contribution is 2.43. The molecule has 0 aliphatic heterocycles. The fourth-order valence-electron chi connectivity index (χ4n) is 4.77. The van der Waals surface area contributed by atoms with Crippen molar-refractivity contribution in [2.45, 2.75) is 142 Å². The van der Waals surface area contributed by atoms with Crippen LogP contribution in [0.2, 0.25) is 0 Å². The van der Waals surface area contributed by atoms with Gasteiger partial charge in [-0.25, -0.2) is 4.57 Å². The van der Waals surface area contributed by atoms with Crippen molar-refractivity contribution in [3.63, 3.8) is 0 Å². The molecule has 0 aromatic carbocycles. The van der Waals surface area contributed by atoms with Crippen LogP contribution < -0.4 is 0 Å². The van der Waals surface area contributed by atoms with E-state index in [-0.39, 0.29) is 19.4 Å². The van der Waals surface area contributed by atoms with Gasteiger partial charge in [-0.2, -0.15) is 0 Å². The molecule has 322 valence electrons. The molecule has 3 atom stereocenters. The van der Waals surface area contributed by atoms with Crippen LogP contribution in [0.3, 0.4) is 0 Å². The van der Waals surface area contributed by atoms with Gasteiger partial charge in [0.15, 0.2) is 6.10 Å². The lowest BCUT2D eigenvalue weighted by atomic mass is 10.1. The minimum Gasteiger partial charge on any atom is -0.462 e. The van der Waals surface area contributed by atoms with Crippen LogP contribution in [0.5, 0.6) is 0 Å². The summed E-state index contributed by atoms with van der Waals surface area (Å²) in [6.07, 6.45) is 50.6. The number of ether oxygens (including phenoxy) is 2. The van der Waals surface area contributed by atoms with Gasteiger partial charge >= 0.3 is 19.8 Å². The fourth-order valence-corrected chi connectivity index (χ4v) is 5.56. The summed E-state index contributed by atoms with van der Waals surface area (Å²) in [5.41, 5.74) is 0. The Morgan fingerprint density at radius 2 is 0.912 bits per heavy atom. The van der Waals surface area contributed by atoms with Gasteiger partial charge in [-0.15, -0.1) is 0 Å². The first-order valence-electron chi connectivity index (χ1n) is 20.8. The Bertz CT molecular complexity index is 1310. The highest BCUT2D eigenvalue weighted by molar-refractivity contribution is 7.47. The zero-order valence-electron chi connectivity index (χ0n) is 34.7. The van der Waals surface area contributed by atoms with Gasteiger partial charge in [0.25, 0.3) is 0 Å². The Morgan fingerprint density at radius 3 is 1.37 bits per heavy atom. The average molecular weight is 817 g/mol. The molecule has 0 saturated carbocycles. The van der Waals surface area contributed by atoms with E-state index in [1.165, 1.54) is 0 Å². The SMILES string of the molecule is CC/C=C\C/C=C\C/C=C\C/C=C\C/C=C\CCCCCC(=O)OC(COC(=O)CCCC/C=C\C/C=C\C/C=C\C/C=C\CC)COP(=O)(O)OCC(O)CO. The molecule has 0 spiro atoms. The Balaban J connectivity index is 4.48. The molecule has 0 fully saturated rings.